The van der Waals surface area contributed by atoms with Gasteiger partial charge in [-0.3, -0.25) is 9.69 Å². The molecule has 6 nitrogen and oxygen atoms in total. The van der Waals surface area contributed by atoms with Crippen LogP contribution in [0, 0.1) is 20.8 Å². The maximum absolute atomic E-state index is 13.3. The molecule has 1 amide bonds. The molecule has 7 heteroatoms. The number of aromatic nitrogens is 2. The van der Waals surface area contributed by atoms with Crippen molar-refractivity contribution in [3.05, 3.63) is 76.3 Å². The van der Waals surface area contributed by atoms with E-state index in [2.05, 4.69) is 46.2 Å². The van der Waals surface area contributed by atoms with Crippen molar-refractivity contribution >= 4 is 17.7 Å². The van der Waals surface area contributed by atoms with Gasteiger partial charge >= 0.3 is 0 Å². The van der Waals surface area contributed by atoms with Crippen molar-refractivity contribution in [1.82, 2.24) is 19.9 Å². The Balaban J connectivity index is 1.38. The highest BCUT2D eigenvalue weighted by molar-refractivity contribution is 7.98. The van der Waals surface area contributed by atoms with Crippen molar-refractivity contribution < 1.29 is 9.32 Å². The van der Waals surface area contributed by atoms with E-state index in [0.29, 0.717) is 11.3 Å². The fraction of sp³-hybridized carbons (Fsp3) is 0.375. The predicted molar refractivity (Wildman–Crippen MR) is 122 cm³/mol. The lowest BCUT2D eigenvalue weighted by molar-refractivity contribution is 0.0624. The van der Waals surface area contributed by atoms with Crippen LogP contribution in [0.1, 0.15) is 38.5 Å². The van der Waals surface area contributed by atoms with Crippen molar-refractivity contribution in [3.8, 4) is 0 Å². The van der Waals surface area contributed by atoms with E-state index in [9.17, 15) is 4.79 Å². The van der Waals surface area contributed by atoms with Crippen LogP contribution in [0.25, 0.3) is 0 Å². The maximum Gasteiger partial charge on any atom is 0.256 e. The third-order valence-electron chi connectivity index (χ3n) is 5.85. The second-order valence-corrected chi connectivity index (χ2v) is 8.91. The molecule has 3 aromatic rings. The standard InChI is InChI=1S/C24H28N4O2S/c1-17-7-4-5-8-20(17)15-27-11-13-28(14-12-27)24(29)21-9-6-10-25-23(21)31-16-22-18(2)26-30-19(22)3/h4-10H,11-16H2,1-3H3. The van der Waals surface area contributed by atoms with Crippen LogP contribution in [-0.2, 0) is 12.3 Å². The highest BCUT2D eigenvalue weighted by Gasteiger charge is 2.25. The zero-order valence-electron chi connectivity index (χ0n) is 18.3. The number of pyridine rings is 1. The van der Waals surface area contributed by atoms with Crippen LogP contribution in [0.15, 0.2) is 52.1 Å². The number of piperazine rings is 1. The zero-order chi connectivity index (χ0) is 21.8. The van der Waals surface area contributed by atoms with Crippen molar-refractivity contribution in [2.45, 2.75) is 38.1 Å². The minimum atomic E-state index is 0.0601. The Bertz CT molecular complexity index is 1040. The van der Waals surface area contributed by atoms with E-state index in [-0.39, 0.29) is 5.91 Å². The first-order chi connectivity index (χ1) is 15.0. The van der Waals surface area contributed by atoms with Gasteiger partial charge in [-0.2, -0.15) is 0 Å². The average molecular weight is 437 g/mol. The van der Waals surface area contributed by atoms with Gasteiger partial charge in [-0.05, 0) is 44.0 Å². The summed E-state index contributed by atoms with van der Waals surface area (Å²) < 4.78 is 5.25. The lowest BCUT2D eigenvalue weighted by Gasteiger charge is -2.35. The lowest BCUT2D eigenvalue weighted by Crippen LogP contribution is -2.48. The molecule has 0 spiro atoms. The van der Waals surface area contributed by atoms with Gasteiger partial charge < -0.3 is 9.42 Å². The van der Waals surface area contributed by atoms with E-state index in [0.717, 1.165) is 54.8 Å². The largest absolute Gasteiger partial charge is 0.361 e. The SMILES string of the molecule is Cc1ccccc1CN1CCN(C(=O)c2cccnc2SCc2c(C)noc2C)CC1. The van der Waals surface area contributed by atoms with E-state index in [1.807, 2.05) is 30.9 Å². The van der Waals surface area contributed by atoms with E-state index < -0.39 is 0 Å². The highest BCUT2D eigenvalue weighted by atomic mass is 32.2. The molecule has 162 valence electrons. The molecule has 0 radical (unpaired) electrons. The number of rotatable bonds is 6. The van der Waals surface area contributed by atoms with Crippen LogP contribution >= 0.6 is 11.8 Å². The number of hydrogen-bond acceptors (Lipinski definition) is 6. The summed E-state index contributed by atoms with van der Waals surface area (Å²) in [4.78, 5) is 22.1. The second kappa shape index (κ2) is 9.66. The van der Waals surface area contributed by atoms with Crippen molar-refractivity contribution in [2.24, 2.45) is 0 Å². The minimum Gasteiger partial charge on any atom is -0.361 e. The van der Waals surface area contributed by atoms with Crippen LogP contribution in [0.4, 0.5) is 0 Å². The maximum atomic E-state index is 13.3. The summed E-state index contributed by atoms with van der Waals surface area (Å²) in [7, 11) is 0. The Labute approximate surface area is 187 Å². The van der Waals surface area contributed by atoms with Gasteiger partial charge in [0.25, 0.3) is 5.91 Å². The fourth-order valence-corrected chi connectivity index (χ4v) is 4.96. The molecule has 0 unspecified atom stereocenters. The molecular formula is C24H28N4O2S. The van der Waals surface area contributed by atoms with Gasteiger partial charge in [-0.15, -0.1) is 11.8 Å². The molecule has 31 heavy (non-hydrogen) atoms. The third-order valence-corrected chi connectivity index (χ3v) is 6.88. The van der Waals surface area contributed by atoms with E-state index in [1.54, 1.807) is 18.0 Å². The Morgan fingerprint density at radius 1 is 1.06 bits per heavy atom. The number of hydrogen-bond donors (Lipinski definition) is 0. The topological polar surface area (TPSA) is 62.5 Å². The number of carbonyl (C=O) groups excluding carboxylic acids is 1. The van der Waals surface area contributed by atoms with Gasteiger partial charge in [0.05, 0.1) is 11.3 Å². The monoisotopic (exact) mass is 436 g/mol. The van der Waals surface area contributed by atoms with Crippen molar-refractivity contribution in [2.75, 3.05) is 26.2 Å². The molecule has 1 fully saturated rings. The Morgan fingerprint density at radius 2 is 1.84 bits per heavy atom. The summed E-state index contributed by atoms with van der Waals surface area (Å²) in [5.74, 6) is 1.56. The first-order valence-corrected chi connectivity index (χ1v) is 11.6. The average Bonchev–Trinajstić information content (AvgIpc) is 3.11. The summed E-state index contributed by atoms with van der Waals surface area (Å²) in [6, 6.07) is 12.2. The molecule has 0 N–H and O–H groups in total. The normalized spacial score (nSPS) is 14.7. The Hall–Kier alpha value is -2.64. The van der Waals surface area contributed by atoms with Crippen molar-refractivity contribution in [1.29, 1.82) is 0 Å². The number of amides is 1. The number of nitrogens with zero attached hydrogens (tertiary/aromatic N) is 4. The van der Waals surface area contributed by atoms with Crippen LogP contribution in [-0.4, -0.2) is 52.0 Å². The summed E-state index contributed by atoms with van der Waals surface area (Å²) in [6.07, 6.45) is 1.74. The number of carbonyl (C=O) groups is 1. The fourth-order valence-electron chi connectivity index (χ4n) is 3.82. The first-order valence-electron chi connectivity index (χ1n) is 10.6. The predicted octanol–water partition coefficient (Wildman–Crippen LogP) is 4.25. The number of aryl methyl sites for hydroxylation is 3. The van der Waals surface area contributed by atoms with Gasteiger partial charge in [0.2, 0.25) is 0 Å². The molecule has 0 aliphatic carbocycles. The lowest BCUT2D eigenvalue weighted by atomic mass is 10.1. The highest BCUT2D eigenvalue weighted by Crippen LogP contribution is 2.28. The van der Waals surface area contributed by atoms with Crippen LogP contribution < -0.4 is 0 Å². The summed E-state index contributed by atoms with van der Waals surface area (Å²) in [6.45, 7) is 10.1. The van der Waals surface area contributed by atoms with Gasteiger partial charge in [-0.1, -0.05) is 29.4 Å². The Morgan fingerprint density at radius 3 is 2.55 bits per heavy atom. The molecule has 0 saturated carbocycles. The van der Waals surface area contributed by atoms with Crippen LogP contribution in [0.2, 0.25) is 0 Å². The second-order valence-electron chi connectivity index (χ2n) is 7.94. The molecule has 4 rings (SSSR count). The molecule has 1 aliphatic heterocycles. The summed E-state index contributed by atoms with van der Waals surface area (Å²) in [5, 5.41) is 4.77. The van der Waals surface area contributed by atoms with Gasteiger partial charge in [-0.25, -0.2) is 4.98 Å². The Kier molecular flexibility index (Phi) is 6.73. The minimum absolute atomic E-state index is 0.0601. The smallest absolute Gasteiger partial charge is 0.256 e. The van der Waals surface area contributed by atoms with Crippen molar-refractivity contribution in [3.63, 3.8) is 0 Å². The molecule has 1 aliphatic rings. The van der Waals surface area contributed by atoms with Gasteiger partial charge in [0.1, 0.15) is 10.8 Å². The molecule has 0 atom stereocenters. The number of benzene rings is 1. The molecule has 1 aromatic carbocycles. The van der Waals surface area contributed by atoms with Gasteiger partial charge in [0, 0.05) is 50.2 Å². The molecule has 2 aromatic heterocycles. The van der Waals surface area contributed by atoms with Crippen LogP contribution in [0.5, 0.6) is 0 Å². The van der Waals surface area contributed by atoms with Crippen LogP contribution in [0.3, 0.4) is 0 Å². The van der Waals surface area contributed by atoms with E-state index >= 15 is 0 Å². The first kappa shape index (κ1) is 21.6. The quantitative estimate of drug-likeness (QED) is 0.539. The molecule has 3 heterocycles. The third kappa shape index (κ3) is 4.99. The zero-order valence-corrected chi connectivity index (χ0v) is 19.1. The van der Waals surface area contributed by atoms with Gasteiger partial charge in [0.15, 0.2) is 0 Å². The van der Waals surface area contributed by atoms with E-state index in [4.69, 9.17) is 4.52 Å². The van der Waals surface area contributed by atoms with E-state index in [1.165, 1.54) is 11.1 Å². The number of thioether (sulfide) groups is 1. The molecule has 0 bridgehead atoms. The molecule has 1 saturated heterocycles. The summed E-state index contributed by atoms with van der Waals surface area (Å²) >= 11 is 1.56. The summed E-state index contributed by atoms with van der Waals surface area (Å²) in [5.41, 5.74) is 5.30. The molecular weight excluding hydrogens is 408 g/mol.